The molecule has 0 spiro atoms. The fraction of sp³-hybridized carbons (Fsp3) is 0.517. The van der Waals surface area contributed by atoms with E-state index < -0.39 is 17.4 Å². The third-order valence-corrected chi connectivity index (χ3v) is 11.8. The van der Waals surface area contributed by atoms with Crippen LogP contribution in [0, 0.1) is 23.1 Å². The van der Waals surface area contributed by atoms with Gasteiger partial charge in [0.15, 0.2) is 0 Å². The van der Waals surface area contributed by atoms with Gasteiger partial charge in [0.25, 0.3) is 0 Å². The smallest absolute Gasteiger partial charge is 0.249 e. The van der Waals surface area contributed by atoms with E-state index in [1.807, 2.05) is 52.8 Å². The van der Waals surface area contributed by atoms with Gasteiger partial charge in [-0.2, -0.15) is 0 Å². The molecule has 0 amide bonds. The Bertz CT molecular complexity index is 1870. The van der Waals surface area contributed by atoms with Gasteiger partial charge in [0.2, 0.25) is 5.92 Å². The largest absolute Gasteiger partial charge is 0.255 e. The minimum atomic E-state index is -2.74. The summed E-state index contributed by atoms with van der Waals surface area (Å²) in [4.78, 5) is 0. The molecule has 1 fully saturated rings. The highest BCUT2D eigenvalue weighted by molar-refractivity contribution is 5.62. The number of rotatable bonds is 14. The topological polar surface area (TPSA) is 0 Å². The average molecular weight is 875 g/mol. The van der Waals surface area contributed by atoms with Gasteiger partial charge < -0.3 is 0 Å². The zero-order valence-electron chi connectivity index (χ0n) is 41.7. The van der Waals surface area contributed by atoms with E-state index in [0.717, 1.165) is 61.1 Å². The van der Waals surface area contributed by atoms with Crippen molar-refractivity contribution in [1.82, 2.24) is 0 Å². The fourth-order valence-electron chi connectivity index (χ4n) is 8.39. The number of hydrogen-bond acceptors (Lipinski definition) is 0. The summed E-state index contributed by atoms with van der Waals surface area (Å²) in [6.45, 7) is 32.8. The van der Waals surface area contributed by atoms with E-state index in [-0.39, 0.29) is 22.8 Å². The van der Waals surface area contributed by atoms with Gasteiger partial charge >= 0.3 is 0 Å². The lowest BCUT2D eigenvalue weighted by Crippen LogP contribution is -2.27. The van der Waals surface area contributed by atoms with Gasteiger partial charge in [-0.15, -0.1) is 0 Å². The molecule has 1 aliphatic rings. The molecule has 1 saturated carbocycles. The summed E-state index contributed by atoms with van der Waals surface area (Å²) >= 11 is 0. The van der Waals surface area contributed by atoms with Gasteiger partial charge in [-0.25, -0.2) is 17.6 Å². The molecule has 0 N–H and O–H groups in total. The van der Waals surface area contributed by atoms with Crippen LogP contribution >= 0.6 is 0 Å². The Kier molecular flexibility index (Phi) is 24.2. The zero-order chi connectivity index (χ0) is 48.2. The van der Waals surface area contributed by atoms with Crippen LogP contribution in [0.25, 0.3) is 5.57 Å². The molecule has 1 aliphatic carbocycles. The summed E-state index contributed by atoms with van der Waals surface area (Å²) in [5.74, 6) is -1.68. The van der Waals surface area contributed by atoms with Crippen molar-refractivity contribution in [1.29, 1.82) is 0 Å². The Balaban J connectivity index is 0.000000830. The van der Waals surface area contributed by atoms with Crippen molar-refractivity contribution in [2.45, 2.75) is 171 Å². The average Bonchev–Trinajstić information content (AvgIpc) is 3.24. The van der Waals surface area contributed by atoms with E-state index in [4.69, 9.17) is 0 Å². The normalized spacial score (nSPS) is 15.9. The van der Waals surface area contributed by atoms with Gasteiger partial charge in [0, 0.05) is 17.4 Å². The Hall–Kier alpha value is -3.99. The van der Waals surface area contributed by atoms with E-state index in [1.54, 1.807) is 6.07 Å². The number of hydrogen-bond donors (Lipinski definition) is 0. The molecule has 1 atom stereocenters. The van der Waals surface area contributed by atoms with E-state index in [1.165, 1.54) is 85.9 Å². The Morgan fingerprint density at radius 1 is 0.619 bits per heavy atom. The van der Waals surface area contributed by atoms with Crippen LogP contribution in [0.2, 0.25) is 0 Å². The second-order valence-electron chi connectivity index (χ2n) is 18.9. The van der Waals surface area contributed by atoms with Crippen molar-refractivity contribution < 1.29 is 22.0 Å². The lowest BCUT2D eigenvalue weighted by molar-refractivity contribution is 0.0226. The predicted molar refractivity (Wildman–Crippen MR) is 265 cm³/mol. The first-order valence-electron chi connectivity index (χ1n) is 23.4. The Labute approximate surface area is 381 Å². The third kappa shape index (κ3) is 19.3. The predicted octanol–water partition coefficient (Wildman–Crippen LogP) is 18.4. The second-order valence-corrected chi connectivity index (χ2v) is 18.9. The highest BCUT2D eigenvalue weighted by atomic mass is 19.3. The van der Waals surface area contributed by atoms with Crippen LogP contribution in [0.5, 0.6) is 0 Å². The summed E-state index contributed by atoms with van der Waals surface area (Å²) in [6.07, 6.45) is 10.3. The molecule has 350 valence electrons. The first kappa shape index (κ1) is 57.0. The number of allylic oxidation sites excluding steroid dienone is 2. The SMILES string of the molecule is C=C(C)c1ccc(F)c(C(C)(C)F)c1.C=C(CC)C1CCC(CCc2ccc(CC(C)(c3cccc(CC(C)(C)C)c3)c3cccc(CC(C)(F)F)c3)cc2)CC1.CC.CC.CF. The summed E-state index contributed by atoms with van der Waals surface area (Å²) in [5, 5.41) is 0. The first-order chi connectivity index (χ1) is 29.6. The van der Waals surface area contributed by atoms with Crippen molar-refractivity contribution in [3.05, 3.63) is 160 Å². The Morgan fingerprint density at radius 2 is 1.11 bits per heavy atom. The molecule has 0 aliphatic heterocycles. The van der Waals surface area contributed by atoms with E-state index in [9.17, 15) is 22.0 Å². The lowest BCUT2D eigenvalue weighted by atomic mass is 9.71. The minimum Gasteiger partial charge on any atom is -0.255 e. The maximum absolute atomic E-state index is 14.0. The zero-order valence-corrected chi connectivity index (χ0v) is 41.7. The molecule has 5 heteroatoms. The number of benzene rings is 4. The maximum atomic E-state index is 14.0. The molecular formula is C58H83F5. The van der Waals surface area contributed by atoms with Crippen molar-refractivity contribution in [2.75, 3.05) is 7.18 Å². The molecule has 4 aromatic carbocycles. The van der Waals surface area contributed by atoms with Crippen molar-refractivity contribution in [3.63, 3.8) is 0 Å². The van der Waals surface area contributed by atoms with Crippen molar-refractivity contribution >= 4 is 5.57 Å². The molecule has 0 nitrogen and oxygen atoms in total. The van der Waals surface area contributed by atoms with E-state index in [2.05, 4.69) is 102 Å². The fourth-order valence-corrected chi connectivity index (χ4v) is 8.39. The molecule has 63 heavy (non-hydrogen) atoms. The highest BCUT2D eigenvalue weighted by Gasteiger charge is 2.32. The van der Waals surface area contributed by atoms with Gasteiger partial charge in [-0.05, 0) is 154 Å². The van der Waals surface area contributed by atoms with Gasteiger partial charge in [0.1, 0.15) is 11.5 Å². The van der Waals surface area contributed by atoms with Crippen LogP contribution in [0.4, 0.5) is 22.0 Å². The van der Waals surface area contributed by atoms with Crippen LogP contribution in [-0.2, 0) is 36.8 Å². The molecule has 0 bridgehead atoms. The molecule has 0 heterocycles. The Morgan fingerprint density at radius 3 is 1.56 bits per heavy atom. The molecule has 0 radical (unpaired) electrons. The van der Waals surface area contributed by atoms with E-state index in [0.29, 0.717) is 12.7 Å². The lowest BCUT2D eigenvalue weighted by Gasteiger charge is -2.33. The number of aryl methyl sites for hydroxylation is 1. The van der Waals surface area contributed by atoms with Crippen LogP contribution in [0.1, 0.15) is 173 Å². The van der Waals surface area contributed by atoms with Crippen LogP contribution in [0.3, 0.4) is 0 Å². The van der Waals surface area contributed by atoms with Gasteiger partial charge in [0.05, 0.1) is 7.18 Å². The molecule has 0 aromatic heterocycles. The van der Waals surface area contributed by atoms with Crippen LogP contribution in [0.15, 0.2) is 110 Å². The number of halogens is 5. The third-order valence-electron chi connectivity index (χ3n) is 11.8. The van der Waals surface area contributed by atoms with Gasteiger partial charge in [-0.3, -0.25) is 4.39 Å². The quantitative estimate of drug-likeness (QED) is 0.0875. The van der Waals surface area contributed by atoms with Crippen molar-refractivity contribution in [2.24, 2.45) is 17.3 Å². The van der Waals surface area contributed by atoms with Gasteiger partial charge in [-0.1, -0.05) is 165 Å². The second kappa shape index (κ2) is 26.7. The molecule has 0 saturated heterocycles. The molecule has 1 unspecified atom stereocenters. The molecular weight excluding hydrogens is 792 g/mol. The molecule has 5 rings (SSSR count). The minimum absolute atomic E-state index is 0.0815. The van der Waals surface area contributed by atoms with Crippen LogP contribution < -0.4 is 0 Å². The highest BCUT2D eigenvalue weighted by Crippen LogP contribution is 2.39. The number of alkyl halides is 4. The molecule has 4 aromatic rings. The standard InChI is InChI=1S/C41H54F2.C12H14F2.2C2H6.CH3F/c1-8-30(2)36-23-21-32(22-24-36)16-15-31-17-19-33(20-18-31)28-40(6,37-13-9-11-34(25-37)27-39(3,4)5)38-14-10-12-35(26-38)29-41(7,42)43;1-8(2)9-5-6-11(13)10(7-9)12(3,4)14;3*1-2/h9-14,17-20,25-26,32,36H,2,8,15-16,21-24,27-29H2,1,3-7H3;5-7H,1H2,2-4H3;2*1-2H3;1H3. The summed E-state index contributed by atoms with van der Waals surface area (Å²) < 4.78 is 64.3. The summed E-state index contributed by atoms with van der Waals surface area (Å²) in [6, 6.07) is 30.4. The monoisotopic (exact) mass is 875 g/mol. The van der Waals surface area contributed by atoms with Crippen LogP contribution in [-0.4, -0.2) is 13.1 Å². The van der Waals surface area contributed by atoms with E-state index >= 15 is 0 Å². The summed E-state index contributed by atoms with van der Waals surface area (Å²) in [7, 11) is 0.500. The summed E-state index contributed by atoms with van der Waals surface area (Å²) in [5.41, 5.74) is 8.28. The van der Waals surface area contributed by atoms with Crippen molar-refractivity contribution in [3.8, 4) is 0 Å². The maximum Gasteiger partial charge on any atom is 0.249 e. The first-order valence-corrected chi connectivity index (χ1v) is 23.4.